The van der Waals surface area contributed by atoms with Gasteiger partial charge in [-0.25, -0.2) is 4.79 Å². The fraction of sp³-hybridized carbons (Fsp3) is 0.350. The van der Waals surface area contributed by atoms with Crippen LogP contribution in [0.4, 0.5) is 0 Å². The molecule has 0 aliphatic rings. The van der Waals surface area contributed by atoms with E-state index >= 15 is 0 Å². The molecule has 0 aliphatic carbocycles. The van der Waals surface area contributed by atoms with Crippen LogP contribution in [0.25, 0.3) is 0 Å². The number of hydrogen-bond acceptors (Lipinski definition) is 4. The van der Waals surface area contributed by atoms with Gasteiger partial charge in [0.25, 0.3) is 0 Å². The molecule has 0 spiro atoms. The molecule has 25 heavy (non-hydrogen) atoms. The largest absolute Gasteiger partial charge is 0.493 e. The van der Waals surface area contributed by atoms with Crippen LogP contribution in [0.2, 0.25) is 5.02 Å². The smallest absolute Gasteiger partial charge is 0.335 e. The molecule has 0 amide bonds. The van der Waals surface area contributed by atoms with Gasteiger partial charge in [0, 0.05) is 24.5 Å². The quantitative estimate of drug-likeness (QED) is 0.630. The molecule has 0 radical (unpaired) electrons. The van der Waals surface area contributed by atoms with E-state index in [4.69, 9.17) is 25.8 Å². The Balaban J connectivity index is 1.84. The third-order valence-electron chi connectivity index (χ3n) is 3.75. The van der Waals surface area contributed by atoms with Crippen LogP contribution in [-0.2, 0) is 27.1 Å². The molecule has 4 nitrogen and oxygen atoms in total. The maximum Gasteiger partial charge on any atom is 0.335 e. The maximum absolute atomic E-state index is 11.7. The molecule has 2 aromatic rings. The Morgan fingerprint density at radius 3 is 2.28 bits per heavy atom. The molecular formula is C20H23ClO4. The topological polar surface area (TPSA) is 44.8 Å². The standard InChI is InChI=1S/C20H23ClO4/c1-3-24-19(20(22)23-2)14-16-6-10-18(11-7-16)25-13-12-15-4-8-17(21)9-5-15/h4-11,19H,3,12-14H2,1-2H3/t19-/m1/s1. The van der Waals surface area contributed by atoms with Crippen molar-refractivity contribution in [1.29, 1.82) is 0 Å². The molecule has 0 bridgehead atoms. The minimum Gasteiger partial charge on any atom is -0.493 e. The molecule has 1 atom stereocenters. The number of carbonyl (C=O) groups excluding carboxylic acids is 1. The highest BCUT2D eigenvalue weighted by Gasteiger charge is 2.19. The van der Waals surface area contributed by atoms with Crippen molar-refractivity contribution < 1.29 is 19.0 Å². The van der Waals surface area contributed by atoms with E-state index in [9.17, 15) is 4.79 Å². The predicted octanol–water partition coefficient (Wildman–Crippen LogP) is 4.08. The monoisotopic (exact) mass is 362 g/mol. The van der Waals surface area contributed by atoms with Crippen molar-refractivity contribution in [3.05, 3.63) is 64.7 Å². The number of rotatable bonds is 9. The Labute approximate surface area is 153 Å². The van der Waals surface area contributed by atoms with Crippen LogP contribution in [-0.4, -0.2) is 32.4 Å². The van der Waals surface area contributed by atoms with Crippen molar-refractivity contribution >= 4 is 17.6 Å². The molecule has 2 rings (SSSR count). The lowest BCUT2D eigenvalue weighted by molar-refractivity contribution is -0.153. The van der Waals surface area contributed by atoms with Crippen molar-refractivity contribution in [3.8, 4) is 5.75 Å². The van der Waals surface area contributed by atoms with E-state index in [1.54, 1.807) is 0 Å². The van der Waals surface area contributed by atoms with E-state index in [1.165, 1.54) is 12.7 Å². The van der Waals surface area contributed by atoms with E-state index in [-0.39, 0.29) is 5.97 Å². The van der Waals surface area contributed by atoms with Crippen molar-refractivity contribution in [3.63, 3.8) is 0 Å². The van der Waals surface area contributed by atoms with Gasteiger partial charge in [0.2, 0.25) is 0 Å². The molecule has 0 saturated carbocycles. The number of carbonyl (C=O) groups is 1. The van der Waals surface area contributed by atoms with Crippen molar-refractivity contribution in [2.24, 2.45) is 0 Å². The highest BCUT2D eigenvalue weighted by molar-refractivity contribution is 6.30. The summed E-state index contributed by atoms with van der Waals surface area (Å²) in [5, 5.41) is 0.734. The maximum atomic E-state index is 11.7. The SMILES string of the molecule is CCO[C@H](Cc1ccc(OCCc2ccc(Cl)cc2)cc1)C(=O)OC. The van der Waals surface area contributed by atoms with Crippen LogP contribution in [0.15, 0.2) is 48.5 Å². The summed E-state index contributed by atoms with van der Waals surface area (Å²) in [6.07, 6.45) is 0.714. The predicted molar refractivity (Wildman–Crippen MR) is 98.2 cm³/mol. The van der Waals surface area contributed by atoms with Gasteiger partial charge in [0.05, 0.1) is 13.7 Å². The summed E-state index contributed by atoms with van der Waals surface area (Å²) in [6.45, 7) is 2.91. The Kier molecular flexibility index (Phi) is 7.76. The van der Waals surface area contributed by atoms with E-state index in [2.05, 4.69) is 0 Å². The number of esters is 1. The van der Waals surface area contributed by atoms with Gasteiger partial charge in [-0.1, -0.05) is 35.9 Å². The van der Waals surface area contributed by atoms with E-state index in [0.29, 0.717) is 19.6 Å². The lowest BCUT2D eigenvalue weighted by Gasteiger charge is -2.15. The number of methoxy groups -OCH3 is 1. The zero-order valence-electron chi connectivity index (χ0n) is 14.5. The molecule has 134 valence electrons. The second-order valence-electron chi connectivity index (χ2n) is 5.54. The fourth-order valence-electron chi connectivity index (χ4n) is 2.42. The summed E-state index contributed by atoms with van der Waals surface area (Å²) in [5.41, 5.74) is 2.17. The average Bonchev–Trinajstić information content (AvgIpc) is 2.63. The van der Waals surface area contributed by atoms with Gasteiger partial charge in [-0.15, -0.1) is 0 Å². The van der Waals surface area contributed by atoms with E-state index < -0.39 is 6.10 Å². The lowest BCUT2D eigenvalue weighted by atomic mass is 10.1. The minimum atomic E-state index is -0.577. The van der Waals surface area contributed by atoms with Crippen molar-refractivity contribution in [2.45, 2.75) is 25.9 Å². The third-order valence-corrected chi connectivity index (χ3v) is 4.00. The van der Waals surface area contributed by atoms with Gasteiger partial charge in [0.15, 0.2) is 6.10 Å². The van der Waals surface area contributed by atoms with E-state index in [0.717, 1.165) is 22.8 Å². The summed E-state index contributed by atoms with van der Waals surface area (Å²) in [6, 6.07) is 15.4. The minimum absolute atomic E-state index is 0.356. The summed E-state index contributed by atoms with van der Waals surface area (Å²) in [7, 11) is 1.37. The molecule has 0 heterocycles. The van der Waals surface area contributed by atoms with Gasteiger partial charge < -0.3 is 14.2 Å². The van der Waals surface area contributed by atoms with Crippen LogP contribution in [0.5, 0.6) is 5.75 Å². The third kappa shape index (κ3) is 6.40. The molecule has 0 aromatic heterocycles. The lowest BCUT2D eigenvalue weighted by Crippen LogP contribution is -2.28. The average molecular weight is 363 g/mol. The number of halogens is 1. The Hall–Kier alpha value is -2.04. The molecular weight excluding hydrogens is 340 g/mol. The summed E-state index contributed by atoms with van der Waals surface area (Å²) in [5.74, 6) is 0.439. The fourth-order valence-corrected chi connectivity index (χ4v) is 2.54. The molecule has 0 aliphatic heterocycles. The molecule has 2 aromatic carbocycles. The highest BCUT2D eigenvalue weighted by Crippen LogP contribution is 2.16. The summed E-state index contributed by atoms with van der Waals surface area (Å²) < 4.78 is 16.0. The number of hydrogen-bond donors (Lipinski definition) is 0. The zero-order chi connectivity index (χ0) is 18.1. The van der Waals surface area contributed by atoms with Gasteiger partial charge in [-0.05, 0) is 42.3 Å². The first-order valence-corrected chi connectivity index (χ1v) is 8.65. The molecule has 0 fully saturated rings. The van der Waals surface area contributed by atoms with Crippen LogP contribution in [0.1, 0.15) is 18.1 Å². The Morgan fingerprint density at radius 1 is 1.04 bits per heavy atom. The second kappa shape index (κ2) is 10.1. The van der Waals surface area contributed by atoms with E-state index in [1.807, 2.05) is 55.5 Å². The van der Waals surface area contributed by atoms with Crippen molar-refractivity contribution in [1.82, 2.24) is 0 Å². The summed E-state index contributed by atoms with van der Waals surface area (Å²) in [4.78, 5) is 11.7. The van der Waals surface area contributed by atoms with Gasteiger partial charge in [-0.2, -0.15) is 0 Å². The summed E-state index contributed by atoms with van der Waals surface area (Å²) >= 11 is 5.87. The van der Waals surface area contributed by atoms with Gasteiger partial charge >= 0.3 is 5.97 Å². The highest BCUT2D eigenvalue weighted by atomic mass is 35.5. The number of benzene rings is 2. The first kappa shape index (κ1) is 19.3. The zero-order valence-corrected chi connectivity index (χ0v) is 15.3. The van der Waals surface area contributed by atoms with Crippen LogP contribution in [0, 0.1) is 0 Å². The van der Waals surface area contributed by atoms with Crippen molar-refractivity contribution in [2.75, 3.05) is 20.3 Å². The number of ether oxygens (including phenoxy) is 3. The first-order chi connectivity index (χ1) is 12.1. The molecule has 0 saturated heterocycles. The second-order valence-corrected chi connectivity index (χ2v) is 5.98. The van der Waals surface area contributed by atoms with Crippen LogP contribution in [0.3, 0.4) is 0 Å². The Morgan fingerprint density at radius 2 is 1.68 bits per heavy atom. The molecule has 0 unspecified atom stereocenters. The Bertz CT molecular complexity index is 652. The molecule has 5 heteroatoms. The first-order valence-electron chi connectivity index (χ1n) is 8.28. The van der Waals surface area contributed by atoms with Crippen LogP contribution >= 0.6 is 11.6 Å². The molecule has 0 N–H and O–H groups in total. The normalized spacial score (nSPS) is 11.8. The van der Waals surface area contributed by atoms with Gasteiger partial charge in [-0.3, -0.25) is 0 Å². The van der Waals surface area contributed by atoms with Gasteiger partial charge in [0.1, 0.15) is 5.75 Å². The van der Waals surface area contributed by atoms with Crippen LogP contribution < -0.4 is 4.74 Å².